The van der Waals surface area contributed by atoms with E-state index in [2.05, 4.69) is 5.32 Å². The van der Waals surface area contributed by atoms with Crippen molar-refractivity contribution in [3.8, 4) is 0 Å². The topological polar surface area (TPSA) is 121 Å². The van der Waals surface area contributed by atoms with Gasteiger partial charge in [0, 0.05) is 29.9 Å². The van der Waals surface area contributed by atoms with E-state index in [0.717, 1.165) is 22.5 Å². The summed E-state index contributed by atoms with van der Waals surface area (Å²) in [6.45, 7) is 1.22. The van der Waals surface area contributed by atoms with E-state index in [9.17, 15) is 19.2 Å². The number of carboxylic acid groups (broad SMARTS) is 2. The second-order valence-electron chi connectivity index (χ2n) is 6.35. The van der Waals surface area contributed by atoms with Gasteiger partial charge < -0.3 is 15.5 Å². The lowest BCUT2D eigenvalue weighted by atomic mass is 9.94. The number of Topliss-reactive ketones (excluding diaryl/α,β-unsaturated/α-hetero) is 1. The normalized spacial score (nSPS) is 12.9. The highest BCUT2D eigenvalue weighted by Gasteiger charge is 2.25. The zero-order valence-electron chi connectivity index (χ0n) is 15.3. The molecule has 0 saturated carbocycles. The first kappa shape index (κ1) is 21.4. The van der Waals surface area contributed by atoms with Crippen LogP contribution in [-0.2, 0) is 14.4 Å². The van der Waals surface area contributed by atoms with Crippen molar-refractivity contribution in [2.24, 2.45) is 5.92 Å². The van der Waals surface area contributed by atoms with E-state index in [4.69, 9.17) is 10.2 Å². The van der Waals surface area contributed by atoms with E-state index in [1.54, 1.807) is 12.1 Å². The molecule has 0 radical (unpaired) electrons. The maximum Gasteiger partial charge on any atom is 0.327 e. The fraction of sp³-hybridized carbons (Fsp3) is 0.300. The van der Waals surface area contributed by atoms with Crippen molar-refractivity contribution >= 4 is 46.2 Å². The summed E-state index contributed by atoms with van der Waals surface area (Å²) in [5.74, 6) is -3.67. The van der Waals surface area contributed by atoms with E-state index in [-0.39, 0.29) is 23.7 Å². The Bertz CT molecular complexity index is 897. The molecule has 2 rings (SSSR count). The van der Waals surface area contributed by atoms with Crippen LogP contribution >= 0.6 is 11.8 Å². The zero-order chi connectivity index (χ0) is 20.7. The first-order valence-corrected chi connectivity index (χ1v) is 9.76. The quantitative estimate of drug-likeness (QED) is 0.521. The first-order chi connectivity index (χ1) is 13.3. The number of amides is 1. The summed E-state index contributed by atoms with van der Waals surface area (Å²) in [7, 11) is 0. The van der Waals surface area contributed by atoms with Crippen LogP contribution in [0.5, 0.6) is 0 Å². The molecule has 1 unspecified atom stereocenters. The number of thioether (sulfide) groups is 1. The number of carbonyl (C=O) groups is 4. The lowest BCUT2D eigenvalue weighted by Gasteiger charge is -2.17. The maximum absolute atomic E-state index is 12.8. The van der Waals surface area contributed by atoms with Gasteiger partial charge in [-0.15, -0.1) is 0 Å². The van der Waals surface area contributed by atoms with Crippen molar-refractivity contribution in [3.63, 3.8) is 0 Å². The van der Waals surface area contributed by atoms with E-state index in [1.165, 1.54) is 6.92 Å². The van der Waals surface area contributed by atoms with E-state index in [1.807, 2.05) is 30.3 Å². The number of carbonyl (C=O) groups excluding carboxylic acids is 2. The van der Waals surface area contributed by atoms with Gasteiger partial charge in [-0.3, -0.25) is 14.4 Å². The average Bonchev–Trinajstić information content (AvgIpc) is 2.64. The fourth-order valence-electron chi connectivity index (χ4n) is 2.76. The number of rotatable bonds is 10. The van der Waals surface area contributed by atoms with Gasteiger partial charge in [-0.05, 0) is 16.8 Å². The highest BCUT2D eigenvalue weighted by molar-refractivity contribution is 7.99. The van der Waals surface area contributed by atoms with Crippen LogP contribution in [0.1, 0.15) is 23.7 Å². The van der Waals surface area contributed by atoms with Gasteiger partial charge in [-0.2, -0.15) is 11.8 Å². The molecule has 8 heteroatoms. The molecule has 0 bridgehead atoms. The fourth-order valence-corrected chi connectivity index (χ4v) is 3.92. The Kier molecular flexibility index (Phi) is 7.57. The highest BCUT2D eigenvalue weighted by Crippen LogP contribution is 2.22. The maximum atomic E-state index is 12.8. The highest BCUT2D eigenvalue weighted by atomic mass is 32.2. The average molecular weight is 403 g/mol. The minimum Gasteiger partial charge on any atom is -0.481 e. The zero-order valence-corrected chi connectivity index (χ0v) is 16.1. The first-order valence-electron chi connectivity index (χ1n) is 8.60. The van der Waals surface area contributed by atoms with Gasteiger partial charge in [0.25, 0.3) is 0 Å². The minimum atomic E-state index is -1.18. The number of hydrogen-bond acceptors (Lipinski definition) is 5. The molecule has 2 aromatic carbocycles. The molecule has 2 aromatic rings. The Morgan fingerprint density at radius 3 is 2.29 bits per heavy atom. The Hall–Kier alpha value is -2.87. The molecule has 0 saturated heterocycles. The number of fused-ring (bicyclic) bond motifs is 1. The second kappa shape index (κ2) is 9.89. The smallest absolute Gasteiger partial charge is 0.327 e. The van der Waals surface area contributed by atoms with E-state index >= 15 is 0 Å². The summed E-state index contributed by atoms with van der Waals surface area (Å²) < 4.78 is 0. The van der Waals surface area contributed by atoms with Crippen molar-refractivity contribution in [1.29, 1.82) is 0 Å². The van der Waals surface area contributed by atoms with E-state index < -0.39 is 29.8 Å². The van der Waals surface area contributed by atoms with Crippen LogP contribution in [-0.4, -0.2) is 51.4 Å². The molecular formula is C20H21NO6S. The lowest BCUT2D eigenvalue weighted by Crippen LogP contribution is -2.41. The van der Waals surface area contributed by atoms with Crippen molar-refractivity contribution in [1.82, 2.24) is 5.32 Å². The van der Waals surface area contributed by atoms with Gasteiger partial charge in [0.15, 0.2) is 5.78 Å². The van der Waals surface area contributed by atoms with Crippen molar-refractivity contribution in [3.05, 3.63) is 48.0 Å². The predicted molar refractivity (Wildman–Crippen MR) is 107 cm³/mol. The monoisotopic (exact) mass is 403 g/mol. The minimum absolute atomic E-state index is 0.0377. The SMILES string of the molecule is CC(=O)N[C@@H](CSCC(CC(=O)O)C(=O)c1ccc2ccccc2c1)C(=O)O. The van der Waals surface area contributed by atoms with Crippen LogP contribution in [0, 0.1) is 5.92 Å². The Morgan fingerprint density at radius 1 is 1.00 bits per heavy atom. The molecule has 1 amide bonds. The van der Waals surface area contributed by atoms with Gasteiger partial charge in [0.1, 0.15) is 6.04 Å². The lowest BCUT2D eigenvalue weighted by molar-refractivity contribution is -0.140. The van der Waals surface area contributed by atoms with Crippen LogP contribution in [0.15, 0.2) is 42.5 Å². The number of nitrogens with one attached hydrogen (secondary N) is 1. The number of aliphatic carboxylic acids is 2. The van der Waals surface area contributed by atoms with Crippen LogP contribution in [0.4, 0.5) is 0 Å². The predicted octanol–water partition coefficient (Wildman–Crippen LogP) is 2.44. The number of hydrogen-bond donors (Lipinski definition) is 3. The number of carboxylic acids is 2. The number of ketones is 1. The third kappa shape index (κ3) is 6.09. The summed E-state index contributed by atoms with van der Waals surface area (Å²) >= 11 is 1.13. The standard InChI is InChI=1S/C20H21NO6S/c1-12(22)21-17(20(26)27)11-28-10-16(9-18(23)24)19(25)15-7-6-13-4-2-3-5-14(13)8-15/h2-8,16-17H,9-11H2,1H3,(H,21,22)(H,23,24)(H,26,27)/t16?,17-/m0/s1. The van der Waals surface area contributed by atoms with Gasteiger partial charge >= 0.3 is 11.9 Å². The molecule has 7 nitrogen and oxygen atoms in total. The van der Waals surface area contributed by atoms with Gasteiger partial charge in [-0.25, -0.2) is 4.79 Å². The molecule has 2 atom stereocenters. The van der Waals surface area contributed by atoms with Crippen LogP contribution in [0.2, 0.25) is 0 Å². The van der Waals surface area contributed by atoms with Gasteiger partial charge in [0.05, 0.1) is 6.42 Å². The van der Waals surface area contributed by atoms with E-state index in [0.29, 0.717) is 5.56 Å². The summed E-state index contributed by atoms with van der Waals surface area (Å²) in [5, 5.41) is 22.5. The molecule has 0 heterocycles. The summed E-state index contributed by atoms with van der Waals surface area (Å²) in [6, 6.07) is 11.7. The molecule has 0 spiro atoms. The van der Waals surface area contributed by atoms with Crippen LogP contribution < -0.4 is 5.32 Å². The molecule has 0 fully saturated rings. The molecule has 3 N–H and O–H groups in total. The van der Waals surface area contributed by atoms with Gasteiger partial charge in [-0.1, -0.05) is 36.4 Å². The summed E-state index contributed by atoms with van der Waals surface area (Å²) in [6.07, 6.45) is -0.351. The third-order valence-electron chi connectivity index (χ3n) is 4.10. The van der Waals surface area contributed by atoms with Gasteiger partial charge in [0.2, 0.25) is 5.91 Å². The molecule has 28 heavy (non-hydrogen) atoms. The molecular weight excluding hydrogens is 382 g/mol. The molecule has 0 aliphatic heterocycles. The summed E-state index contributed by atoms with van der Waals surface area (Å²) in [4.78, 5) is 46.3. The second-order valence-corrected chi connectivity index (χ2v) is 7.42. The van der Waals surface area contributed by atoms with Crippen LogP contribution in [0.25, 0.3) is 10.8 Å². The number of benzene rings is 2. The molecule has 0 aromatic heterocycles. The molecule has 0 aliphatic rings. The van der Waals surface area contributed by atoms with Crippen LogP contribution in [0.3, 0.4) is 0 Å². The van der Waals surface area contributed by atoms with Crippen molar-refractivity contribution < 1.29 is 29.4 Å². The molecule has 148 valence electrons. The Balaban J connectivity index is 2.10. The van der Waals surface area contributed by atoms with Crippen molar-refractivity contribution in [2.45, 2.75) is 19.4 Å². The summed E-state index contributed by atoms with van der Waals surface area (Å²) in [5.41, 5.74) is 0.419. The largest absolute Gasteiger partial charge is 0.481 e. The Labute approximate surface area is 166 Å². The Morgan fingerprint density at radius 2 is 1.68 bits per heavy atom. The van der Waals surface area contributed by atoms with Crippen molar-refractivity contribution in [2.75, 3.05) is 11.5 Å². The molecule has 0 aliphatic carbocycles. The third-order valence-corrected chi connectivity index (χ3v) is 5.31.